The number of terminal acetylenes is 1. The lowest BCUT2D eigenvalue weighted by Crippen LogP contribution is -2.64. The Kier molecular flexibility index (Phi) is 10.7. The van der Waals surface area contributed by atoms with Gasteiger partial charge < -0.3 is 60.2 Å². The average Bonchev–Trinajstić information content (AvgIpc) is 3.31. The normalized spacial score (nSPS) is 50.4. The molecule has 0 aromatic rings. The van der Waals surface area contributed by atoms with Crippen LogP contribution < -0.4 is 0 Å². The molecular weight excluding hydrogens is 604 g/mol. The number of hydrogen-bond donors (Lipinski definition) is 9. The van der Waals surface area contributed by atoms with Crippen molar-refractivity contribution in [1.82, 2.24) is 0 Å². The molecule has 13 heteroatoms. The van der Waals surface area contributed by atoms with Crippen LogP contribution >= 0.6 is 0 Å². The van der Waals surface area contributed by atoms with Crippen molar-refractivity contribution in [3.63, 3.8) is 0 Å². The Morgan fingerprint density at radius 2 is 1.61 bits per heavy atom. The van der Waals surface area contributed by atoms with Crippen LogP contribution in [0.15, 0.2) is 11.1 Å². The Morgan fingerprint density at radius 3 is 2.26 bits per heavy atom. The summed E-state index contributed by atoms with van der Waals surface area (Å²) in [6.07, 6.45) is -2.33. The number of allylic oxidation sites excluding steroid dienone is 2. The summed E-state index contributed by atoms with van der Waals surface area (Å²) in [5.74, 6) is 5.60. The molecule has 6 rings (SSSR count). The van der Waals surface area contributed by atoms with Crippen LogP contribution in [0, 0.1) is 41.4 Å². The van der Waals surface area contributed by atoms with Gasteiger partial charge >= 0.3 is 0 Å². The van der Waals surface area contributed by atoms with Gasteiger partial charge in [0.2, 0.25) is 0 Å². The van der Waals surface area contributed by atoms with E-state index in [1.807, 2.05) is 0 Å². The van der Waals surface area contributed by atoms with Gasteiger partial charge in [-0.05, 0) is 62.2 Å². The van der Waals surface area contributed by atoms with Gasteiger partial charge in [0.05, 0.1) is 13.2 Å². The van der Waals surface area contributed by atoms with Crippen molar-refractivity contribution in [2.24, 2.45) is 29.1 Å². The Labute approximate surface area is 268 Å². The number of hydrogen-bond acceptors (Lipinski definition) is 13. The first-order valence-electron chi connectivity index (χ1n) is 16.4. The van der Waals surface area contributed by atoms with Gasteiger partial charge in [0, 0.05) is 18.3 Å². The molecule has 9 N–H and O–H groups in total. The van der Waals surface area contributed by atoms with Gasteiger partial charge in [-0.2, -0.15) is 0 Å². The van der Waals surface area contributed by atoms with Crippen LogP contribution in [0.5, 0.6) is 0 Å². The molecule has 0 radical (unpaired) electrons. The Morgan fingerprint density at radius 1 is 0.913 bits per heavy atom. The number of ether oxygens (including phenoxy) is 3. The van der Waals surface area contributed by atoms with Gasteiger partial charge in [-0.25, -0.2) is 0 Å². The number of rotatable bonds is 4. The number of aliphatic hydroxyl groups excluding tert-OH is 8. The quantitative estimate of drug-likeness (QED) is 0.124. The molecule has 0 aromatic heterocycles. The van der Waals surface area contributed by atoms with Crippen LogP contribution in [0.4, 0.5) is 0 Å². The van der Waals surface area contributed by atoms with E-state index in [1.165, 1.54) is 5.57 Å². The van der Waals surface area contributed by atoms with E-state index in [2.05, 4.69) is 19.8 Å². The molecule has 0 bridgehead atoms. The van der Waals surface area contributed by atoms with E-state index in [-0.39, 0.29) is 5.41 Å². The molecule has 4 aliphatic carbocycles. The molecule has 2 aliphatic heterocycles. The summed E-state index contributed by atoms with van der Waals surface area (Å²) < 4.78 is 15.3. The summed E-state index contributed by atoms with van der Waals surface area (Å²) in [4.78, 5) is 11.9. The number of Topliss-reactive ketones (excluding diaryl/α,β-unsaturated/α-hetero) is 1. The lowest BCUT2D eigenvalue weighted by molar-refractivity contribution is -0.355. The van der Waals surface area contributed by atoms with Gasteiger partial charge in [-0.15, -0.1) is 6.42 Å². The second-order valence-corrected chi connectivity index (χ2v) is 14.3. The predicted molar refractivity (Wildman–Crippen MR) is 159 cm³/mol. The van der Waals surface area contributed by atoms with Crippen molar-refractivity contribution in [3.8, 4) is 12.3 Å². The smallest absolute Gasteiger partial charge is 0.187 e. The van der Waals surface area contributed by atoms with Gasteiger partial charge in [-0.1, -0.05) is 30.9 Å². The topological polar surface area (TPSA) is 227 Å². The van der Waals surface area contributed by atoms with E-state index in [0.29, 0.717) is 35.9 Å². The molecule has 13 nitrogen and oxygen atoms in total. The first-order chi connectivity index (χ1) is 21.7. The fourth-order valence-corrected chi connectivity index (χ4v) is 9.29. The van der Waals surface area contributed by atoms with E-state index in [9.17, 15) is 45.6 Å². The second-order valence-electron chi connectivity index (χ2n) is 14.3. The number of fused-ring (bicyclic) bond motifs is 4. The molecule has 2 saturated heterocycles. The minimum atomic E-state index is -1.74. The standard InChI is InChI=1S/C21H28O2.C12H22O11/c1-4-21(23)10-8-18-19-13(2)11-14-12-15(22)5-6-16(14)17(19)7-9-20(18,21)3;13-1-3-5(15)6(16)9(19)12(22-3)23-10-4(2-14)21-11(20)8(18)7(10)17/h1,13,17-19,23H,5-12H2,2-3H3;3-20H,1-2H2/t13-,17-,18+,19-,20+,21+;3-,4-,5+,6+,7-,8-,9-,10-,11?,12+/m11/s1. The van der Waals surface area contributed by atoms with Crippen LogP contribution in [-0.2, 0) is 19.0 Å². The first kappa shape index (κ1) is 35.8. The fraction of sp³-hybridized carbons (Fsp3) is 0.848. The summed E-state index contributed by atoms with van der Waals surface area (Å²) in [7, 11) is 0. The third-order valence-electron chi connectivity index (χ3n) is 11.9. The molecule has 2 saturated carbocycles. The summed E-state index contributed by atoms with van der Waals surface area (Å²) >= 11 is 0. The van der Waals surface area contributed by atoms with Gasteiger partial charge in [0.15, 0.2) is 12.6 Å². The Hall–Kier alpha value is -1.51. The molecule has 0 amide bonds. The summed E-state index contributed by atoms with van der Waals surface area (Å²) in [6, 6.07) is 0. The number of aliphatic hydroxyl groups is 9. The fourth-order valence-electron chi connectivity index (χ4n) is 9.29. The van der Waals surface area contributed by atoms with Gasteiger partial charge in [0.25, 0.3) is 0 Å². The second kappa shape index (κ2) is 13.8. The molecule has 1 unspecified atom stereocenters. The number of ketones is 1. The SMILES string of the molecule is C#C[C@]1(O)CC[C@H]2[C@@H]3[C@H](C)CC4=C(CCC(=O)C4)[C@H]3CC[C@@]21C.OC[C@H]1O[C@@H](O[C@H]2[C@H](O)[C@@H](O)C(O)O[C@@H]2CO)[C@H](O)[C@@H](O)[C@H]1O. The maximum atomic E-state index is 11.9. The van der Waals surface area contributed by atoms with E-state index in [0.717, 1.165) is 44.9 Å². The highest BCUT2D eigenvalue weighted by Gasteiger charge is 2.62. The zero-order valence-electron chi connectivity index (χ0n) is 26.4. The van der Waals surface area contributed by atoms with Crippen molar-refractivity contribution in [3.05, 3.63) is 11.1 Å². The molecule has 2 heterocycles. The largest absolute Gasteiger partial charge is 0.394 e. The van der Waals surface area contributed by atoms with Crippen LogP contribution in [0.25, 0.3) is 0 Å². The monoisotopic (exact) mass is 654 g/mol. The maximum Gasteiger partial charge on any atom is 0.187 e. The van der Waals surface area contributed by atoms with Crippen LogP contribution in [0.3, 0.4) is 0 Å². The van der Waals surface area contributed by atoms with E-state index in [1.54, 1.807) is 5.57 Å². The zero-order chi connectivity index (χ0) is 33.7. The van der Waals surface area contributed by atoms with Crippen LogP contribution in [0.1, 0.15) is 65.2 Å². The molecule has 16 atom stereocenters. The van der Waals surface area contributed by atoms with E-state index >= 15 is 0 Å². The third-order valence-corrected chi connectivity index (χ3v) is 11.9. The summed E-state index contributed by atoms with van der Waals surface area (Å²) in [6.45, 7) is 3.25. The molecular formula is C33H50O13. The van der Waals surface area contributed by atoms with Crippen molar-refractivity contribution in [1.29, 1.82) is 0 Å². The van der Waals surface area contributed by atoms with Crippen molar-refractivity contribution in [2.45, 2.75) is 132 Å². The Bertz CT molecular complexity index is 1180. The molecule has 4 fully saturated rings. The highest BCUT2D eigenvalue weighted by Crippen LogP contribution is 2.65. The third kappa shape index (κ3) is 6.10. The first-order valence-corrected chi connectivity index (χ1v) is 16.4. The lowest BCUT2D eigenvalue weighted by Gasteiger charge is -2.55. The number of carbonyl (C=O) groups is 1. The number of carbonyl (C=O) groups excluding carboxylic acids is 1. The van der Waals surface area contributed by atoms with Crippen LogP contribution in [-0.4, -0.2) is 132 Å². The highest BCUT2D eigenvalue weighted by molar-refractivity contribution is 5.82. The van der Waals surface area contributed by atoms with Gasteiger partial charge in [0.1, 0.15) is 60.2 Å². The summed E-state index contributed by atoms with van der Waals surface area (Å²) in [5, 5.41) is 87.5. The lowest BCUT2D eigenvalue weighted by atomic mass is 9.50. The zero-order valence-corrected chi connectivity index (χ0v) is 26.4. The van der Waals surface area contributed by atoms with Gasteiger partial charge in [-0.3, -0.25) is 4.79 Å². The predicted octanol–water partition coefficient (Wildman–Crippen LogP) is -1.51. The molecule has 46 heavy (non-hydrogen) atoms. The van der Waals surface area contributed by atoms with E-state index in [4.69, 9.17) is 25.7 Å². The minimum absolute atomic E-state index is 0.125. The summed E-state index contributed by atoms with van der Waals surface area (Å²) in [5.41, 5.74) is 2.04. The minimum Gasteiger partial charge on any atom is -0.394 e. The van der Waals surface area contributed by atoms with Crippen molar-refractivity contribution < 1.29 is 65.0 Å². The molecule has 260 valence electrons. The average molecular weight is 655 g/mol. The molecule has 0 spiro atoms. The molecule has 6 aliphatic rings. The molecule has 0 aromatic carbocycles. The maximum absolute atomic E-state index is 11.9. The van der Waals surface area contributed by atoms with E-state index < -0.39 is 80.2 Å². The van der Waals surface area contributed by atoms with Crippen molar-refractivity contribution >= 4 is 5.78 Å². The highest BCUT2D eigenvalue weighted by atomic mass is 16.7. The van der Waals surface area contributed by atoms with Crippen LogP contribution in [0.2, 0.25) is 0 Å². The Balaban J connectivity index is 0.000000181. The van der Waals surface area contributed by atoms with Crippen molar-refractivity contribution in [2.75, 3.05) is 13.2 Å².